The fourth-order valence-electron chi connectivity index (χ4n) is 2.28. The summed E-state index contributed by atoms with van der Waals surface area (Å²) in [5.41, 5.74) is 4.23. The summed E-state index contributed by atoms with van der Waals surface area (Å²) in [7, 11) is 0. The highest BCUT2D eigenvalue weighted by Gasteiger charge is 2.21. The van der Waals surface area contributed by atoms with Crippen molar-refractivity contribution in [3.8, 4) is 0 Å². The van der Waals surface area contributed by atoms with Crippen LogP contribution in [-0.4, -0.2) is 5.78 Å². The molecule has 1 nitrogen and oxygen atoms in total. The Kier molecular flexibility index (Phi) is 5.71. The number of rotatable bonds is 4. The molecule has 0 aromatic heterocycles. The van der Waals surface area contributed by atoms with E-state index in [1.165, 1.54) is 0 Å². The van der Waals surface area contributed by atoms with Gasteiger partial charge in [-0.2, -0.15) is 0 Å². The molecule has 0 fully saturated rings. The summed E-state index contributed by atoms with van der Waals surface area (Å²) in [5, 5.41) is 0. The first kappa shape index (κ1) is 15.2. The zero-order chi connectivity index (χ0) is 13.0. The summed E-state index contributed by atoms with van der Waals surface area (Å²) in [4.78, 5) is 12.5. The van der Waals surface area contributed by atoms with Gasteiger partial charge in [-0.3, -0.25) is 4.79 Å². The van der Waals surface area contributed by atoms with Gasteiger partial charge in [0, 0.05) is 11.1 Å². The van der Waals surface area contributed by atoms with E-state index < -0.39 is 0 Å². The highest BCUT2D eigenvalue weighted by atomic mass is 16.1. The van der Waals surface area contributed by atoms with Crippen molar-refractivity contribution in [1.29, 1.82) is 0 Å². The third kappa shape index (κ3) is 3.62. The second-order valence-corrected chi connectivity index (χ2v) is 5.47. The molecule has 0 radical (unpaired) electrons. The first-order valence-corrected chi connectivity index (χ1v) is 6.09. The van der Waals surface area contributed by atoms with Crippen molar-refractivity contribution in [1.82, 2.24) is 0 Å². The van der Waals surface area contributed by atoms with E-state index in [1.54, 1.807) is 0 Å². The lowest BCUT2D eigenvalue weighted by Gasteiger charge is -2.18. The molecule has 0 N–H and O–H groups in total. The average Bonchev–Trinajstić information content (AvgIpc) is 1.99. The molecule has 1 heteroatoms. The van der Waals surface area contributed by atoms with Crippen molar-refractivity contribution in [3.63, 3.8) is 0 Å². The molecule has 0 saturated carbocycles. The maximum Gasteiger partial charge on any atom is 0.185 e. The lowest BCUT2D eigenvalue weighted by molar-refractivity contribution is -0.113. The van der Waals surface area contributed by atoms with Gasteiger partial charge in [0.25, 0.3) is 0 Å². The minimum atomic E-state index is 0.241. The van der Waals surface area contributed by atoms with Gasteiger partial charge in [-0.05, 0) is 39.5 Å². The Labute approximate surface area is 101 Å². The molecular weight excluding hydrogens is 196 g/mol. The number of Topliss-reactive ketones (excluding diaryl/α,β-unsaturated/α-hetero) is 1. The molecule has 0 heterocycles. The largest absolute Gasteiger partial charge is 0.289 e. The van der Waals surface area contributed by atoms with Crippen molar-refractivity contribution < 1.29 is 4.79 Å². The van der Waals surface area contributed by atoms with E-state index in [2.05, 4.69) is 27.7 Å². The summed E-state index contributed by atoms with van der Waals surface area (Å²) < 4.78 is 0. The quantitative estimate of drug-likeness (QED) is 0.638. The SMILES string of the molecule is CC(C)=C(C(=O)C(=C(C)C)C(C)C)C(C)C. The van der Waals surface area contributed by atoms with E-state index in [-0.39, 0.29) is 5.78 Å². The molecule has 0 spiro atoms. The van der Waals surface area contributed by atoms with Crippen LogP contribution in [0.3, 0.4) is 0 Å². The number of hydrogen-bond donors (Lipinski definition) is 0. The van der Waals surface area contributed by atoms with E-state index in [4.69, 9.17) is 0 Å². The van der Waals surface area contributed by atoms with E-state index in [1.807, 2.05) is 27.7 Å². The molecule has 0 atom stereocenters. The van der Waals surface area contributed by atoms with Crippen molar-refractivity contribution in [2.45, 2.75) is 55.4 Å². The minimum Gasteiger partial charge on any atom is -0.289 e. The number of allylic oxidation sites excluding steroid dienone is 4. The molecule has 0 aliphatic carbocycles. The average molecular weight is 222 g/mol. The zero-order valence-electron chi connectivity index (χ0n) is 12.1. The molecular formula is C15H26O. The predicted molar refractivity (Wildman–Crippen MR) is 71.4 cm³/mol. The van der Waals surface area contributed by atoms with Crippen molar-refractivity contribution in [2.75, 3.05) is 0 Å². The van der Waals surface area contributed by atoms with Crippen LogP contribution in [0.1, 0.15) is 55.4 Å². The van der Waals surface area contributed by atoms with Crippen LogP contribution >= 0.6 is 0 Å². The van der Waals surface area contributed by atoms with Crippen LogP contribution in [0.4, 0.5) is 0 Å². The second-order valence-electron chi connectivity index (χ2n) is 5.47. The van der Waals surface area contributed by atoms with Crippen LogP contribution in [0.2, 0.25) is 0 Å². The molecule has 16 heavy (non-hydrogen) atoms. The van der Waals surface area contributed by atoms with Crippen molar-refractivity contribution in [3.05, 3.63) is 22.3 Å². The molecule has 0 unspecified atom stereocenters. The van der Waals surface area contributed by atoms with Gasteiger partial charge in [0.05, 0.1) is 0 Å². The van der Waals surface area contributed by atoms with Crippen LogP contribution in [0.5, 0.6) is 0 Å². The Morgan fingerprint density at radius 1 is 0.688 bits per heavy atom. The maximum atomic E-state index is 12.5. The Hall–Kier alpha value is -0.850. The first-order valence-electron chi connectivity index (χ1n) is 6.09. The van der Waals surface area contributed by atoms with Crippen molar-refractivity contribution in [2.24, 2.45) is 11.8 Å². The summed E-state index contributed by atoms with van der Waals surface area (Å²) in [6.07, 6.45) is 0. The third-order valence-electron chi connectivity index (χ3n) is 2.72. The molecule has 0 aromatic rings. The molecule has 0 saturated heterocycles. The van der Waals surface area contributed by atoms with E-state index >= 15 is 0 Å². The molecule has 0 aliphatic heterocycles. The highest BCUT2D eigenvalue weighted by Crippen LogP contribution is 2.25. The van der Waals surface area contributed by atoms with Gasteiger partial charge in [-0.1, -0.05) is 38.8 Å². The van der Waals surface area contributed by atoms with Gasteiger partial charge in [-0.15, -0.1) is 0 Å². The van der Waals surface area contributed by atoms with Gasteiger partial charge in [0.15, 0.2) is 5.78 Å². The van der Waals surface area contributed by atoms with Crippen LogP contribution in [0, 0.1) is 11.8 Å². The zero-order valence-corrected chi connectivity index (χ0v) is 12.1. The van der Waals surface area contributed by atoms with Crippen LogP contribution in [-0.2, 0) is 4.79 Å². The lowest BCUT2D eigenvalue weighted by Crippen LogP contribution is -2.17. The summed E-state index contributed by atoms with van der Waals surface area (Å²) in [5.74, 6) is 0.834. The van der Waals surface area contributed by atoms with E-state index in [0.29, 0.717) is 11.8 Å². The molecule has 0 aromatic carbocycles. The molecule has 0 amide bonds. The topological polar surface area (TPSA) is 17.1 Å². The van der Waals surface area contributed by atoms with Crippen LogP contribution in [0.15, 0.2) is 22.3 Å². The predicted octanol–water partition coefficient (Wildman–Crippen LogP) is 4.54. The van der Waals surface area contributed by atoms with Gasteiger partial charge in [0.2, 0.25) is 0 Å². The second kappa shape index (κ2) is 6.03. The molecule has 92 valence electrons. The van der Waals surface area contributed by atoms with Gasteiger partial charge < -0.3 is 0 Å². The Morgan fingerprint density at radius 2 is 0.938 bits per heavy atom. The molecule has 0 bridgehead atoms. The van der Waals surface area contributed by atoms with E-state index in [0.717, 1.165) is 22.3 Å². The number of carbonyl (C=O) groups excluding carboxylic acids is 1. The smallest absolute Gasteiger partial charge is 0.185 e. The minimum absolute atomic E-state index is 0.241. The standard InChI is InChI=1S/C15H26O/c1-9(2)13(10(3)4)15(16)14(11(5)6)12(7)8/h9,11H,1-8H3. The fraction of sp³-hybridized carbons (Fsp3) is 0.667. The summed E-state index contributed by atoms with van der Waals surface area (Å²) >= 11 is 0. The summed E-state index contributed by atoms with van der Waals surface area (Å²) in [6, 6.07) is 0. The normalized spacial score (nSPS) is 10.6. The molecule has 0 aliphatic rings. The monoisotopic (exact) mass is 222 g/mol. The highest BCUT2D eigenvalue weighted by molar-refractivity contribution is 6.09. The molecule has 0 rings (SSSR count). The van der Waals surface area contributed by atoms with Gasteiger partial charge >= 0.3 is 0 Å². The van der Waals surface area contributed by atoms with Crippen LogP contribution in [0.25, 0.3) is 0 Å². The Bertz CT molecular complexity index is 287. The Balaban J connectivity index is 5.51. The summed E-state index contributed by atoms with van der Waals surface area (Å²) in [6.45, 7) is 16.4. The number of ketones is 1. The first-order chi connectivity index (χ1) is 7.20. The van der Waals surface area contributed by atoms with Crippen molar-refractivity contribution >= 4 is 5.78 Å². The lowest BCUT2D eigenvalue weighted by atomic mass is 9.85. The van der Waals surface area contributed by atoms with Gasteiger partial charge in [0.1, 0.15) is 0 Å². The Morgan fingerprint density at radius 3 is 1.06 bits per heavy atom. The fourth-order valence-corrected chi connectivity index (χ4v) is 2.28. The van der Waals surface area contributed by atoms with Gasteiger partial charge in [-0.25, -0.2) is 0 Å². The number of carbonyl (C=O) groups is 1. The number of hydrogen-bond acceptors (Lipinski definition) is 1. The third-order valence-corrected chi connectivity index (χ3v) is 2.72. The maximum absolute atomic E-state index is 12.5. The van der Waals surface area contributed by atoms with Crippen LogP contribution < -0.4 is 0 Å². The van der Waals surface area contributed by atoms with E-state index in [9.17, 15) is 4.79 Å².